The van der Waals surface area contributed by atoms with Crippen LogP contribution in [0.15, 0.2) is 42.7 Å². The molecule has 0 saturated carbocycles. The zero-order chi connectivity index (χ0) is 16.2. The summed E-state index contributed by atoms with van der Waals surface area (Å²) >= 11 is 0. The van der Waals surface area contributed by atoms with Crippen LogP contribution < -0.4 is 15.0 Å². The Morgan fingerprint density at radius 1 is 1.39 bits per heavy atom. The first kappa shape index (κ1) is 15.1. The number of amides is 2. The Bertz CT molecular complexity index is 699. The molecule has 2 aromatic rings. The molecule has 0 radical (unpaired) electrons. The van der Waals surface area contributed by atoms with Crippen LogP contribution in [-0.4, -0.2) is 40.8 Å². The molecule has 1 aliphatic heterocycles. The lowest BCUT2D eigenvalue weighted by molar-refractivity contribution is -0.125. The second-order valence-corrected chi connectivity index (χ2v) is 5.43. The van der Waals surface area contributed by atoms with E-state index in [0.717, 1.165) is 0 Å². The summed E-state index contributed by atoms with van der Waals surface area (Å²) in [4.78, 5) is 25.7. The van der Waals surface area contributed by atoms with E-state index in [1.54, 1.807) is 23.0 Å². The summed E-state index contributed by atoms with van der Waals surface area (Å²) < 4.78 is 7.11. The molecular formula is C16H18N4O3. The van der Waals surface area contributed by atoms with Crippen LogP contribution in [0.4, 0.5) is 5.69 Å². The van der Waals surface area contributed by atoms with Crippen molar-refractivity contribution in [2.45, 2.75) is 19.5 Å². The van der Waals surface area contributed by atoms with Crippen molar-refractivity contribution >= 4 is 17.5 Å². The average Bonchev–Trinajstić information content (AvgIpc) is 3.03. The summed E-state index contributed by atoms with van der Waals surface area (Å²) in [5.74, 6) is 0.178. The highest BCUT2D eigenvalue weighted by Gasteiger charge is 2.27. The molecule has 1 N–H and O–H groups in total. The van der Waals surface area contributed by atoms with Crippen LogP contribution in [-0.2, 0) is 16.1 Å². The molecule has 0 bridgehead atoms. The van der Waals surface area contributed by atoms with Crippen molar-refractivity contribution in [2.24, 2.45) is 0 Å². The first-order valence-electron chi connectivity index (χ1n) is 7.42. The maximum absolute atomic E-state index is 12.2. The summed E-state index contributed by atoms with van der Waals surface area (Å²) in [5.41, 5.74) is 0.624. The van der Waals surface area contributed by atoms with Gasteiger partial charge in [0.2, 0.25) is 5.91 Å². The van der Waals surface area contributed by atoms with Crippen molar-refractivity contribution in [3.05, 3.63) is 42.7 Å². The number of para-hydroxylation sites is 2. The molecule has 0 unspecified atom stereocenters. The van der Waals surface area contributed by atoms with E-state index in [0.29, 0.717) is 18.0 Å². The number of fused-ring (bicyclic) bond motifs is 1. The standard InChI is InChI=1S/C16H18N4O3/c1-12(9-19-8-4-7-17-19)18-15(21)10-20-13-5-2-3-6-14(13)23-11-16(20)22/h2-8,12H,9-11H2,1H3,(H,18,21)/t12-/m0/s1. The number of carbonyl (C=O) groups is 2. The summed E-state index contributed by atoms with van der Waals surface area (Å²) in [6, 6.07) is 8.94. The number of carbonyl (C=O) groups excluding carboxylic acids is 2. The quantitative estimate of drug-likeness (QED) is 0.886. The molecule has 120 valence electrons. The molecule has 2 amide bonds. The fourth-order valence-corrected chi connectivity index (χ4v) is 2.53. The summed E-state index contributed by atoms with van der Waals surface area (Å²) in [5, 5.41) is 6.99. The molecule has 0 spiro atoms. The van der Waals surface area contributed by atoms with Gasteiger partial charge in [-0.2, -0.15) is 5.10 Å². The van der Waals surface area contributed by atoms with Crippen LogP contribution in [0.1, 0.15) is 6.92 Å². The molecule has 7 heteroatoms. The van der Waals surface area contributed by atoms with Gasteiger partial charge in [0.15, 0.2) is 6.61 Å². The number of nitrogens with zero attached hydrogens (tertiary/aromatic N) is 3. The highest BCUT2D eigenvalue weighted by molar-refractivity contribution is 6.02. The van der Waals surface area contributed by atoms with E-state index < -0.39 is 0 Å². The Hall–Kier alpha value is -2.83. The van der Waals surface area contributed by atoms with E-state index >= 15 is 0 Å². The van der Waals surface area contributed by atoms with Crippen molar-refractivity contribution in [1.29, 1.82) is 0 Å². The van der Waals surface area contributed by atoms with Crippen LogP contribution in [0.2, 0.25) is 0 Å². The third kappa shape index (κ3) is 3.50. The number of rotatable bonds is 5. The lowest BCUT2D eigenvalue weighted by Crippen LogP contribution is -2.47. The Labute approximate surface area is 133 Å². The fourth-order valence-electron chi connectivity index (χ4n) is 2.53. The number of nitrogens with one attached hydrogen (secondary N) is 1. The van der Waals surface area contributed by atoms with Gasteiger partial charge in [0.1, 0.15) is 12.3 Å². The van der Waals surface area contributed by atoms with Gasteiger partial charge in [-0.3, -0.25) is 19.2 Å². The van der Waals surface area contributed by atoms with Crippen LogP contribution in [0.5, 0.6) is 5.75 Å². The van der Waals surface area contributed by atoms with Crippen molar-refractivity contribution < 1.29 is 14.3 Å². The molecular weight excluding hydrogens is 296 g/mol. The largest absolute Gasteiger partial charge is 0.482 e. The van der Waals surface area contributed by atoms with E-state index in [2.05, 4.69) is 10.4 Å². The molecule has 0 fully saturated rings. The second kappa shape index (κ2) is 6.51. The van der Waals surface area contributed by atoms with Crippen molar-refractivity contribution in [2.75, 3.05) is 18.1 Å². The minimum absolute atomic E-state index is 0.0251. The summed E-state index contributed by atoms with van der Waals surface area (Å²) in [7, 11) is 0. The highest BCUT2D eigenvalue weighted by Crippen LogP contribution is 2.31. The predicted molar refractivity (Wildman–Crippen MR) is 84.1 cm³/mol. The summed E-state index contributed by atoms with van der Waals surface area (Å²) in [6.45, 7) is 2.40. The number of ether oxygens (including phenoxy) is 1. The number of hydrogen-bond acceptors (Lipinski definition) is 4. The van der Waals surface area contributed by atoms with E-state index in [1.807, 2.05) is 31.3 Å². The molecule has 0 aliphatic carbocycles. The van der Waals surface area contributed by atoms with Crippen LogP contribution in [0, 0.1) is 0 Å². The number of hydrogen-bond donors (Lipinski definition) is 1. The Kier molecular flexibility index (Phi) is 4.27. The zero-order valence-electron chi connectivity index (χ0n) is 12.8. The predicted octanol–water partition coefficient (Wildman–Crippen LogP) is 0.813. The van der Waals surface area contributed by atoms with Gasteiger partial charge in [0.05, 0.1) is 12.2 Å². The molecule has 3 rings (SSSR count). The molecule has 23 heavy (non-hydrogen) atoms. The minimum Gasteiger partial charge on any atom is -0.482 e. The smallest absolute Gasteiger partial charge is 0.265 e. The molecule has 1 aromatic carbocycles. The third-order valence-electron chi connectivity index (χ3n) is 3.54. The van der Waals surface area contributed by atoms with Crippen LogP contribution in [0.3, 0.4) is 0 Å². The third-order valence-corrected chi connectivity index (χ3v) is 3.54. The van der Waals surface area contributed by atoms with E-state index in [4.69, 9.17) is 4.74 Å². The molecule has 2 heterocycles. The zero-order valence-corrected chi connectivity index (χ0v) is 12.8. The van der Waals surface area contributed by atoms with Gasteiger partial charge in [-0.05, 0) is 25.1 Å². The topological polar surface area (TPSA) is 76.5 Å². The van der Waals surface area contributed by atoms with E-state index in [1.165, 1.54) is 4.90 Å². The van der Waals surface area contributed by atoms with Crippen LogP contribution >= 0.6 is 0 Å². The van der Waals surface area contributed by atoms with E-state index in [9.17, 15) is 9.59 Å². The molecule has 0 saturated heterocycles. The molecule has 7 nitrogen and oxygen atoms in total. The van der Waals surface area contributed by atoms with Gasteiger partial charge < -0.3 is 10.1 Å². The van der Waals surface area contributed by atoms with Gasteiger partial charge in [-0.1, -0.05) is 12.1 Å². The van der Waals surface area contributed by atoms with Gasteiger partial charge in [0.25, 0.3) is 5.91 Å². The highest BCUT2D eigenvalue weighted by atomic mass is 16.5. The molecule has 1 aromatic heterocycles. The monoisotopic (exact) mass is 314 g/mol. The SMILES string of the molecule is C[C@@H](Cn1cccn1)NC(=O)CN1C(=O)COc2ccccc21. The van der Waals surface area contributed by atoms with Gasteiger partial charge >= 0.3 is 0 Å². The lowest BCUT2D eigenvalue weighted by Gasteiger charge is -2.29. The van der Waals surface area contributed by atoms with Crippen molar-refractivity contribution in [3.8, 4) is 5.75 Å². The van der Waals surface area contributed by atoms with Crippen LogP contribution in [0.25, 0.3) is 0 Å². The molecule has 1 aliphatic rings. The Morgan fingerprint density at radius 2 is 2.22 bits per heavy atom. The number of anilines is 1. The van der Waals surface area contributed by atoms with Crippen molar-refractivity contribution in [1.82, 2.24) is 15.1 Å². The minimum atomic E-state index is -0.224. The fraction of sp³-hybridized carbons (Fsp3) is 0.312. The Morgan fingerprint density at radius 3 is 3.00 bits per heavy atom. The lowest BCUT2D eigenvalue weighted by atomic mass is 10.2. The average molecular weight is 314 g/mol. The number of benzene rings is 1. The first-order chi connectivity index (χ1) is 11.1. The first-order valence-corrected chi connectivity index (χ1v) is 7.42. The Balaban J connectivity index is 1.62. The normalized spacial score (nSPS) is 14.8. The second-order valence-electron chi connectivity index (χ2n) is 5.43. The van der Waals surface area contributed by atoms with E-state index in [-0.39, 0.29) is 31.0 Å². The molecule has 1 atom stereocenters. The van der Waals surface area contributed by atoms with Gasteiger partial charge in [-0.15, -0.1) is 0 Å². The van der Waals surface area contributed by atoms with Gasteiger partial charge in [0, 0.05) is 18.4 Å². The maximum atomic E-state index is 12.2. The maximum Gasteiger partial charge on any atom is 0.265 e. The number of aromatic nitrogens is 2. The summed E-state index contributed by atoms with van der Waals surface area (Å²) in [6.07, 6.45) is 3.53. The van der Waals surface area contributed by atoms with Gasteiger partial charge in [-0.25, -0.2) is 0 Å². The van der Waals surface area contributed by atoms with Crippen molar-refractivity contribution in [3.63, 3.8) is 0 Å².